The highest BCUT2D eigenvalue weighted by atomic mass is 32.2. The molecule has 1 aromatic carbocycles. The van der Waals surface area contributed by atoms with E-state index in [0.29, 0.717) is 30.3 Å². The average Bonchev–Trinajstić information content (AvgIpc) is 3.27. The van der Waals surface area contributed by atoms with E-state index >= 15 is 0 Å². The summed E-state index contributed by atoms with van der Waals surface area (Å²) in [4.78, 5) is 19.8. The van der Waals surface area contributed by atoms with Gasteiger partial charge in [-0.25, -0.2) is 13.4 Å². The normalized spacial score (nSPS) is 23.7. The maximum absolute atomic E-state index is 13.1. The number of rotatable bonds is 6. The van der Waals surface area contributed by atoms with Gasteiger partial charge >= 0.3 is 0 Å². The summed E-state index contributed by atoms with van der Waals surface area (Å²) in [7, 11) is -3.72. The minimum absolute atomic E-state index is 0.0249. The van der Waals surface area contributed by atoms with Crippen LogP contribution in [0.1, 0.15) is 12.1 Å². The Morgan fingerprint density at radius 3 is 2.93 bits per heavy atom. The van der Waals surface area contributed by atoms with E-state index in [1.165, 1.54) is 28.7 Å². The van der Waals surface area contributed by atoms with E-state index in [2.05, 4.69) is 21.9 Å². The van der Waals surface area contributed by atoms with Crippen LogP contribution in [0.25, 0.3) is 0 Å². The number of aromatic nitrogens is 2. The zero-order valence-electron chi connectivity index (χ0n) is 16.4. The molecule has 2 fully saturated rings. The Bertz CT molecular complexity index is 1060. The van der Waals surface area contributed by atoms with Gasteiger partial charge in [-0.05, 0) is 31.6 Å². The number of fused-ring (bicyclic) bond motifs is 1. The first-order chi connectivity index (χ1) is 14.3. The molecule has 1 N–H and O–H groups in total. The van der Waals surface area contributed by atoms with Crippen LogP contribution in [-0.2, 0) is 19.6 Å². The average molecular weight is 430 g/mol. The molecule has 0 spiro atoms. The molecule has 0 radical (unpaired) electrons. The number of ether oxygens (including phenoxy) is 2. The molecule has 2 saturated heterocycles. The van der Waals surface area contributed by atoms with Crippen molar-refractivity contribution >= 4 is 15.9 Å². The predicted octanol–water partition coefficient (Wildman–Crippen LogP) is 1.62. The Morgan fingerprint density at radius 1 is 1.37 bits per heavy atom. The van der Waals surface area contributed by atoms with Crippen molar-refractivity contribution in [3.05, 3.63) is 55.0 Å². The molecule has 2 aliphatic rings. The number of aryl methyl sites for hydroxylation is 1. The molecular formula is C20H22N4O5S. The highest BCUT2D eigenvalue weighted by Crippen LogP contribution is 2.35. The molecule has 4 rings (SSSR count). The van der Waals surface area contributed by atoms with Gasteiger partial charge in [-0.2, -0.15) is 4.31 Å². The molecule has 30 heavy (non-hydrogen) atoms. The van der Waals surface area contributed by atoms with Crippen LogP contribution in [0, 0.1) is 12.8 Å². The minimum Gasteiger partial charge on any atom is -0.437 e. The van der Waals surface area contributed by atoms with Crippen molar-refractivity contribution in [2.75, 3.05) is 13.1 Å². The lowest BCUT2D eigenvalue weighted by atomic mass is 10.1. The molecule has 10 heteroatoms. The molecule has 0 aliphatic carbocycles. The van der Waals surface area contributed by atoms with E-state index in [9.17, 15) is 13.2 Å². The van der Waals surface area contributed by atoms with E-state index in [4.69, 9.17) is 9.47 Å². The SMILES string of the molecule is C=CC(=O)NC1CC2CN(S(=O)(=O)c3cccc(Oc4cncc(C)n4)c3)CC2O1. The first-order valence-corrected chi connectivity index (χ1v) is 10.9. The summed E-state index contributed by atoms with van der Waals surface area (Å²) in [6, 6.07) is 6.30. The van der Waals surface area contributed by atoms with Gasteiger partial charge in [-0.3, -0.25) is 9.78 Å². The topological polar surface area (TPSA) is 111 Å². The summed E-state index contributed by atoms with van der Waals surface area (Å²) in [5, 5.41) is 2.70. The highest BCUT2D eigenvalue weighted by molar-refractivity contribution is 7.89. The van der Waals surface area contributed by atoms with Gasteiger partial charge in [-0.15, -0.1) is 0 Å². The number of benzene rings is 1. The van der Waals surface area contributed by atoms with Gasteiger partial charge in [0.15, 0.2) is 0 Å². The summed E-state index contributed by atoms with van der Waals surface area (Å²) >= 11 is 0. The van der Waals surface area contributed by atoms with Crippen molar-refractivity contribution in [2.45, 2.75) is 30.6 Å². The Morgan fingerprint density at radius 2 is 2.20 bits per heavy atom. The second kappa shape index (κ2) is 8.13. The standard InChI is InChI=1S/C20H22N4O5S/c1-3-18(25)23-19-7-14-11-24(12-17(14)29-19)30(26,27)16-6-4-5-15(8-16)28-20-10-21-9-13(2)22-20/h3-6,8-10,14,17,19H,1,7,11-12H2,2H3,(H,23,25). The summed E-state index contributed by atoms with van der Waals surface area (Å²) in [6.07, 6.45) is 4.15. The lowest BCUT2D eigenvalue weighted by molar-refractivity contribution is -0.120. The molecule has 3 unspecified atom stereocenters. The van der Waals surface area contributed by atoms with Gasteiger partial charge in [0.05, 0.1) is 22.9 Å². The van der Waals surface area contributed by atoms with Crippen molar-refractivity contribution in [1.82, 2.24) is 19.6 Å². The van der Waals surface area contributed by atoms with Crippen molar-refractivity contribution in [1.29, 1.82) is 0 Å². The number of hydrogen-bond acceptors (Lipinski definition) is 7. The zero-order chi connectivity index (χ0) is 21.3. The summed E-state index contributed by atoms with van der Waals surface area (Å²) in [5.41, 5.74) is 0.697. The summed E-state index contributed by atoms with van der Waals surface area (Å²) < 4.78 is 39.2. The fraction of sp³-hybridized carbons (Fsp3) is 0.350. The molecule has 3 atom stereocenters. The predicted molar refractivity (Wildman–Crippen MR) is 107 cm³/mol. The monoisotopic (exact) mass is 430 g/mol. The maximum Gasteiger partial charge on any atom is 0.245 e. The molecule has 158 valence electrons. The molecule has 2 aromatic rings. The molecule has 3 heterocycles. The van der Waals surface area contributed by atoms with Crippen molar-refractivity contribution < 1.29 is 22.7 Å². The number of nitrogens with one attached hydrogen (secondary N) is 1. The highest BCUT2D eigenvalue weighted by Gasteiger charge is 2.46. The van der Waals surface area contributed by atoms with Crippen LogP contribution in [0.4, 0.5) is 0 Å². The molecule has 0 bridgehead atoms. The van der Waals surface area contributed by atoms with Gasteiger partial charge < -0.3 is 14.8 Å². The summed E-state index contributed by atoms with van der Waals surface area (Å²) in [6.45, 7) is 5.78. The number of sulfonamides is 1. The van der Waals surface area contributed by atoms with Crippen molar-refractivity contribution in [3.8, 4) is 11.6 Å². The second-order valence-electron chi connectivity index (χ2n) is 7.27. The van der Waals surface area contributed by atoms with Crippen molar-refractivity contribution in [2.24, 2.45) is 5.92 Å². The lowest BCUT2D eigenvalue weighted by Gasteiger charge is -2.20. The van der Waals surface area contributed by atoms with Crippen LogP contribution in [0.15, 0.2) is 54.2 Å². The maximum atomic E-state index is 13.1. The van der Waals surface area contributed by atoms with Gasteiger partial charge in [0.2, 0.25) is 21.8 Å². The van der Waals surface area contributed by atoms with E-state index in [1.54, 1.807) is 25.3 Å². The smallest absolute Gasteiger partial charge is 0.245 e. The van der Waals surface area contributed by atoms with Crippen LogP contribution in [0.2, 0.25) is 0 Å². The number of hydrogen-bond donors (Lipinski definition) is 1. The fourth-order valence-corrected chi connectivity index (χ4v) is 5.23. The largest absolute Gasteiger partial charge is 0.437 e. The third kappa shape index (κ3) is 4.20. The second-order valence-corrected chi connectivity index (χ2v) is 9.21. The first kappa shape index (κ1) is 20.5. The zero-order valence-corrected chi connectivity index (χ0v) is 17.2. The molecule has 0 saturated carbocycles. The molecule has 2 aliphatic heterocycles. The Hall–Kier alpha value is -2.82. The minimum atomic E-state index is -3.72. The Balaban J connectivity index is 1.45. The van der Waals surface area contributed by atoms with Crippen molar-refractivity contribution in [3.63, 3.8) is 0 Å². The van der Waals surface area contributed by atoms with E-state index in [-0.39, 0.29) is 29.4 Å². The molecule has 1 amide bonds. The van der Waals surface area contributed by atoms with E-state index in [0.717, 1.165) is 0 Å². The number of amides is 1. The van der Waals surface area contributed by atoms with E-state index < -0.39 is 16.3 Å². The first-order valence-electron chi connectivity index (χ1n) is 9.50. The van der Waals surface area contributed by atoms with Gasteiger partial charge in [-0.1, -0.05) is 12.6 Å². The molecular weight excluding hydrogens is 408 g/mol. The lowest BCUT2D eigenvalue weighted by Crippen LogP contribution is -2.37. The van der Waals surface area contributed by atoms with Crippen LogP contribution in [0.3, 0.4) is 0 Å². The summed E-state index contributed by atoms with van der Waals surface area (Å²) in [5.74, 6) is 0.372. The van der Waals surface area contributed by atoms with Gasteiger partial charge in [0.25, 0.3) is 0 Å². The Kier molecular flexibility index (Phi) is 5.54. The van der Waals surface area contributed by atoms with Crippen LogP contribution in [0.5, 0.6) is 11.6 Å². The Labute approximate surface area is 174 Å². The third-order valence-corrected chi connectivity index (χ3v) is 6.92. The number of carbonyl (C=O) groups is 1. The fourth-order valence-electron chi connectivity index (χ4n) is 3.69. The van der Waals surface area contributed by atoms with Crippen LogP contribution in [-0.4, -0.2) is 54.0 Å². The van der Waals surface area contributed by atoms with Crippen LogP contribution >= 0.6 is 0 Å². The third-order valence-electron chi connectivity index (χ3n) is 5.09. The van der Waals surface area contributed by atoms with Crippen LogP contribution < -0.4 is 10.1 Å². The van der Waals surface area contributed by atoms with Gasteiger partial charge in [0.1, 0.15) is 12.0 Å². The van der Waals surface area contributed by atoms with E-state index in [1.807, 2.05) is 0 Å². The number of carbonyl (C=O) groups excluding carboxylic acids is 1. The number of nitrogens with zero attached hydrogens (tertiary/aromatic N) is 3. The molecule has 1 aromatic heterocycles. The molecule has 9 nitrogen and oxygen atoms in total. The van der Waals surface area contributed by atoms with Gasteiger partial charge in [0, 0.05) is 31.3 Å². The quantitative estimate of drug-likeness (QED) is 0.693.